The van der Waals surface area contributed by atoms with Gasteiger partial charge < -0.3 is 15.8 Å². The SMILES string of the molecule is CC(CCOc1ccccc1)C(=O)Nc1ccc(N)nc1.Cl. The van der Waals surface area contributed by atoms with Crippen LogP contribution in [-0.4, -0.2) is 17.5 Å². The van der Waals surface area contributed by atoms with Crippen LogP contribution in [0.15, 0.2) is 48.7 Å². The van der Waals surface area contributed by atoms with Crippen molar-refractivity contribution in [3.05, 3.63) is 48.7 Å². The third-order valence-corrected chi connectivity index (χ3v) is 3.06. The maximum atomic E-state index is 12.0. The van der Waals surface area contributed by atoms with E-state index in [9.17, 15) is 4.79 Å². The summed E-state index contributed by atoms with van der Waals surface area (Å²) in [6.45, 7) is 2.37. The van der Waals surface area contributed by atoms with E-state index in [-0.39, 0.29) is 24.2 Å². The van der Waals surface area contributed by atoms with Gasteiger partial charge >= 0.3 is 0 Å². The van der Waals surface area contributed by atoms with Crippen molar-refractivity contribution < 1.29 is 9.53 Å². The Morgan fingerprint density at radius 1 is 1.27 bits per heavy atom. The molecule has 1 aromatic carbocycles. The standard InChI is InChI=1S/C16H19N3O2.ClH/c1-12(9-10-21-14-5-3-2-4-6-14)16(20)19-13-7-8-15(17)18-11-13;/h2-8,11-12H,9-10H2,1H3,(H2,17,18)(H,19,20);1H. The smallest absolute Gasteiger partial charge is 0.227 e. The molecule has 0 fully saturated rings. The number of nitrogen functional groups attached to an aromatic ring is 1. The number of ether oxygens (including phenoxy) is 1. The van der Waals surface area contributed by atoms with Gasteiger partial charge in [0.15, 0.2) is 0 Å². The minimum atomic E-state index is -0.147. The van der Waals surface area contributed by atoms with Crippen LogP contribution in [0.4, 0.5) is 11.5 Å². The van der Waals surface area contributed by atoms with Crippen LogP contribution < -0.4 is 15.8 Å². The fourth-order valence-corrected chi connectivity index (χ4v) is 1.75. The van der Waals surface area contributed by atoms with Gasteiger partial charge in [0.05, 0.1) is 18.5 Å². The summed E-state index contributed by atoms with van der Waals surface area (Å²) < 4.78 is 5.58. The van der Waals surface area contributed by atoms with E-state index in [0.717, 1.165) is 5.75 Å². The molecular weight excluding hydrogens is 302 g/mol. The van der Waals surface area contributed by atoms with E-state index in [0.29, 0.717) is 24.5 Å². The van der Waals surface area contributed by atoms with Gasteiger partial charge in [-0.15, -0.1) is 12.4 Å². The van der Waals surface area contributed by atoms with Crippen LogP contribution >= 0.6 is 12.4 Å². The lowest BCUT2D eigenvalue weighted by Crippen LogP contribution is -2.22. The number of nitrogens with one attached hydrogen (secondary N) is 1. The molecule has 0 bridgehead atoms. The summed E-state index contributed by atoms with van der Waals surface area (Å²) in [7, 11) is 0. The zero-order valence-corrected chi connectivity index (χ0v) is 13.2. The van der Waals surface area contributed by atoms with Gasteiger partial charge in [0, 0.05) is 5.92 Å². The van der Waals surface area contributed by atoms with Crippen LogP contribution in [0.2, 0.25) is 0 Å². The third kappa shape index (κ3) is 5.61. The summed E-state index contributed by atoms with van der Waals surface area (Å²) in [5.41, 5.74) is 6.14. The predicted octanol–water partition coefficient (Wildman–Crippen LogP) is 3.13. The molecule has 0 saturated heterocycles. The first-order valence-electron chi connectivity index (χ1n) is 6.85. The fraction of sp³-hybridized carbons (Fsp3) is 0.250. The second-order valence-electron chi connectivity index (χ2n) is 4.81. The van der Waals surface area contributed by atoms with E-state index in [4.69, 9.17) is 10.5 Å². The number of nitrogens with zero attached hydrogens (tertiary/aromatic N) is 1. The van der Waals surface area contributed by atoms with Gasteiger partial charge in [-0.3, -0.25) is 4.79 Å². The number of carbonyl (C=O) groups excluding carboxylic acids is 1. The van der Waals surface area contributed by atoms with Gasteiger partial charge in [0.1, 0.15) is 11.6 Å². The number of benzene rings is 1. The molecule has 1 amide bonds. The topological polar surface area (TPSA) is 77.2 Å². The van der Waals surface area contributed by atoms with Crippen molar-refractivity contribution >= 4 is 29.8 Å². The molecule has 3 N–H and O–H groups in total. The summed E-state index contributed by atoms with van der Waals surface area (Å²) >= 11 is 0. The Balaban J connectivity index is 0.00000242. The molecule has 0 aliphatic rings. The van der Waals surface area contributed by atoms with E-state index < -0.39 is 0 Å². The van der Waals surface area contributed by atoms with Gasteiger partial charge in [0.2, 0.25) is 5.91 Å². The molecule has 1 atom stereocenters. The monoisotopic (exact) mass is 321 g/mol. The molecule has 0 aliphatic carbocycles. The highest BCUT2D eigenvalue weighted by Gasteiger charge is 2.13. The van der Waals surface area contributed by atoms with Crippen LogP contribution in [0.5, 0.6) is 5.75 Å². The lowest BCUT2D eigenvalue weighted by atomic mass is 10.1. The Bertz CT molecular complexity index is 576. The number of aromatic nitrogens is 1. The van der Waals surface area contributed by atoms with Crippen LogP contribution in [-0.2, 0) is 4.79 Å². The highest BCUT2D eigenvalue weighted by atomic mass is 35.5. The minimum absolute atomic E-state index is 0. The molecule has 1 heterocycles. The molecule has 6 heteroatoms. The maximum absolute atomic E-state index is 12.0. The van der Waals surface area contributed by atoms with E-state index in [1.54, 1.807) is 18.3 Å². The van der Waals surface area contributed by atoms with Gasteiger partial charge in [-0.05, 0) is 30.7 Å². The highest BCUT2D eigenvalue weighted by molar-refractivity contribution is 5.92. The van der Waals surface area contributed by atoms with E-state index in [1.165, 1.54) is 0 Å². The average molecular weight is 322 g/mol. The number of pyridine rings is 1. The summed E-state index contributed by atoms with van der Waals surface area (Å²) in [4.78, 5) is 15.9. The quantitative estimate of drug-likeness (QED) is 0.857. The molecule has 1 unspecified atom stereocenters. The van der Waals surface area contributed by atoms with Crippen molar-refractivity contribution in [3.8, 4) is 5.75 Å². The second-order valence-corrected chi connectivity index (χ2v) is 4.81. The molecular formula is C16H20ClN3O2. The molecule has 22 heavy (non-hydrogen) atoms. The zero-order chi connectivity index (χ0) is 15.1. The molecule has 0 aliphatic heterocycles. The van der Waals surface area contributed by atoms with Crippen LogP contribution in [0.25, 0.3) is 0 Å². The van der Waals surface area contributed by atoms with Crippen LogP contribution in [0.3, 0.4) is 0 Å². The summed E-state index contributed by atoms with van der Waals surface area (Å²) in [6.07, 6.45) is 2.18. The van der Waals surface area contributed by atoms with Crippen molar-refractivity contribution in [2.75, 3.05) is 17.7 Å². The largest absolute Gasteiger partial charge is 0.494 e. The molecule has 0 saturated carbocycles. The van der Waals surface area contributed by atoms with Crippen LogP contribution in [0, 0.1) is 5.92 Å². The Kier molecular flexibility index (Phi) is 7.19. The van der Waals surface area contributed by atoms with Gasteiger partial charge in [-0.2, -0.15) is 0 Å². The molecule has 0 spiro atoms. The first-order valence-corrected chi connectivity index (χ1v) is 6.85. The van der Waals surface area contributed by atoms with Crippen molar-refractivity contribution in [1.29, 1.82) is 0 Å². The van der Waals surface area contributed by atoms with Crippen molar-refractivity contribution in [1.82, 2.24) is 4.98 Å². The first kappa shape index (κ1) is 17.8. The van der Waals surface area contributed by atoms with E-state index >= 15 is 0 Å². The molecule has 2 aromatic rings. The third-order valence-electron chi connectivity index (χ3n) is 3.06. The van der Waals surface area contributed by atoms with Gasteiger partial charge in [-0.25, -0.2) is 4.98 Å². The number of rotatable bonds is 6. The van der Waals surface area contributed by atoms with Crippen molar-refractivity contribution in [2.45, 2.75) is 13.3 Å². The summed E-state index contributed by atoms with van der Waals surface area (Å²) in [6, 6.07) is 12.9. The molecule has 2 rings (SSSR count). The van der Waals surface area contributed by atoms with Crippen molar-refractivity contribution in [2.24, 2.45) is 5.92 Å². The van der Waals surface area contributed by atoms with Crippen molar-refractivity contribution in [3.63, 3.8) is 0 Å². The predicted molar refractivity (Wildman–Crippen MR) is 90.2 cm³/mol. The Labute approximate surface area is 136 Å². The molecule has 0 radical (unpaired) electrons. The average Bonchev–Trinajstić information content (AvgIpc) is 2.50. The molecule has 5 nitrogen and oxygen atoms in total. The highest BCUT2D eigenvalue weighted by Crippen LogP contribution is 2.13. The maximum Gasteiger partial charge on any atom is 0.227 e. The lowest BCUT2D eigenvalue weighted by Gasteiger charge is -2.13. The Hall–Kier alpha value is -2.27. The van der Waals surface area contributed by atoms with Gasteiger partial charge in [0.25, 0.3) is 0 Å². The number of hydrogen-bond acceptors (Lipinski definition) is 4. The van der Waals surface area contributed by atoms with E-state index in [2.05, 4.69) is 10.3 Å². The normalized spacial score (nSPS) is 11.1. The van der Waals surface area contributed by atoms with Crippen LogP contribution in [0.1, 0.15) is 13.3 Å². The number of hydrogen-bond donors (Lipinski definition) is 2. The first-order chi connectivity index (χ1) is 10.1. The minimum Gasteiger partial charge on any atom is -0.494 e. The van der Waals surface area contributed by atoms with E-state index in [1.807, 2.05) is 37.3 Å². The van der Waals surface area contributed by atoms with Gasteiger partial charge in [-0.1, -0.05) is 25.1 Å². The lowest BCUT2D eigenvalue weighted by molar-refractivity contribution is -0.119. The summed E-state index contributed by atoms with van der Waals surface area (Å²) in [5.74, 6) is 1.04. The number of para-hydroxylation sites is 1. The Morgan fingerprint density at radius 2 is 2.00 bits per heavy atom. The fourth-order valence-electron chi connectivity index (χ4n) is 1.75. The second kappa shape index (κ2) is 8.89. The number of amides is 1. The Morgan fingerprint density at radius 3 is 2.64 bits per heavy atom. The number of nitrogens with two attached hydrogens (primary N) is 1. The summed E-state index contributed by atoms with van der Waals surface area (Å²) in [5, 5.41) is 2.81. The molecule has 118 valence electrons. The molecule has 1 aromatic heterocycles. The number of halogens is 1. The zero-order valence-electron chi connectivity index (χ0n) is 12.4. The number of anilines is 2. The number of carbonyl (C=O) groups is 1.